The number of hydrogen-bond acceptors (Lipinski definition) is 3. The highest BCUT2D eigenvalue weighted by molar-refractivity contribution is 5.81. The summed E-state index contributed by atoms with van der Waals surface area (Å²) >= 11 is 0. The number of ether oxygens (including phenoxy) is 1. The van der Waals surface area contributed by atoms with E-state index in [2.05, 4.69) is 6.58 Å². The highest BCUT2D eigenvalue weighted by atomic mass is 19.0. The molecule has 0 aromatic rings. The fourth-order valence-corrected chi connectivity index (χ4v) is 0.736. The second-order valence-corrected chi connectivity index (χ2v) is 2.47. The van der Waals surface area contributed by atoms with Gasteiger partial charge in [0.15, 0.2) is 6.23 Å². The Bertz CT molecular complexity index is 148. The fourth-order valence-electron chi connectivity index (χ4n) is 0.736. The monoisotopic (exact) mass is 177 g/mol. The second-order valence-electron chi connectivity index (χ2n) is 2.47. The van der Waals surface area contributed by atoms with E-state index in [1.54, 1.807) is 0 Å². The summed E-state index contributed by atoms with van der Waals surface area (Å²) in [5.41, 5.74) is 0. The van der Waals surface area contributed by atoms with Crippen molar-refractivity contribution < 1.29 is 14.2 Å². The zero-order chi connectivity index (χ0) is 8.85. The van der Waals surface area contributed by atoms with Gasteiger partial charge in [0.1, 0.15) is 0 Å². The Balaban J connectivity index is 0. The Hall–Kier alpha value is -0.900. The van der Waals surface area contributed by atoms with E-state index in [1.165, 1.54) is 6.08 Å². The number of nitrogens with zero attached hydrogens (tertiary/aromatic N) is 1. The van der Waals surface area contributed by atoms with Crippen molar-refractivity contribution in [2.45, 2.75) is 19.6 Å². The molecule has 0 spiro atoms. The van der Waals surface area contributed by atoms with Crippen molar-refractivity contribution >= 4 is 5.97 Å². The van der Waals surface area contributed by atoms with Gasteiger partial charge in [0, 0.05) is 6.08 Å². The maximum Gasteiger partial charge on any atom is 0.331 e. The second kappa shape index (κ2) is 6.79. The molecule has 0 bridgehead atoms. The summed E-state index contributed by atoms with van der Waals surface area (Å²) < 4.78 is 4.98. The van der Waals surface area contributed by atoms with Gasteiger partial charge in [-0.2, -0.15) is 0 Å². The largest absolute Gasteiger partial charge is 0.443 e. The average Bonchev–Trinajstić information content (AvgIpc) is 1.99. The molecule has 3 nitrogen and oxygen atoms in total. The lowest BCUT2D eigenvalue weighted by Crippen LogP contribution is -2.31. The first-order valence-electron chi connectivity index (χ1n) is 3.61. The van der Waals surface area contributed by atoms with E-state index < -0.39 is 0 Å². The number of rotatable bonds is 4. The van der Waals surface area contributed by atoms with Crippen LogP contribution in [-0.4, -0.2) is 31.2 Å². The quantitative estimate of drug-likeness (QED) is 0.366. The lowest BCUT2D eigenvalue weighted by Gasteiger charge is -2.21. The van der Waals surface area contributed by atoms with Crippen molar-refractivity contribution in [1.82, 2.24) is 4.90 Å². The predicted octanol–water partition coefficient (Wildman–Crippen LogP) is 1.17. The first kappa shape index (κ1) is 13.7. The Morgan fingerprint density at radius 2 is 2.17 bits per heavy atom. The molecule has 0 rings (SSSR count). The molecule has 4 heteroatoms. The maximum atomic E-state index is 10.7. The van der Waals surface area contributed by atoms with Crippen molar-refractivity contribution in [3.8, 4) is 0 Å². The lowest BCUT2D eigenvalue weighted by atomic mass is 10.4. The zero-order valence-corrected chi connectivity index (χ0v) is 7.74. The molecule has 0 saturated carbocycles. The Kier molecular flexibility index (Phi) is 7.73. The van der Waals surface area contributed by atoms with Crippen LogP contribution < -0.4 is 0 Å². The summed E-state index contributed by atoms with van der Waals surface area (Å²) in [7, 11) is 3.73. The van der Waals surface area contributed by atoms with Crippen LogP contribution in [0.3, 0.4) is 0 Å². The van der Waals surface area contributed by atoms with Crippen LogP contribution in [0.4, 0.5) is 4.70 Å². The van der Waals surface area contributed by atoms with Gasteiger partial charge in [0.25, 0.3) is 0 Å². The van der Waals surface area contributed by atoms with Crippen molar-refractivity contribution in [3.05, 3.63) is 12.7 Å². The number of halogens is 1. The molecule has 0 aliphatic carbocycles. The van der Waals surface area contributed by atoms with E-state index in [4.69, 9.17) is 4.74 Å². The van der Waals surface area contributed by atoms with E-state index in [0.29, 0.717) is 0 Å². The molecule has 0 aromatic heterocycles. The van der Waals surface area contributed by atoms with Crippen LogP contribution in [-0.2, 0) is 9.53 Å². The minimum absolute atomic E-state index is 0. The molecular weight excluding hydrogens is 161 g/mol. The van der Waals surface area contributed by atoms with E-state index in [1.807, 2.05) is 25.9 Å². The number of carbonyl (C=O) groups excluding carboxylic acids is 1. The predicted molar refractivity (Wildman–Crippen MR) is 46.6 cm³/mol. The molecule has 0 amide bonds. The first-order valence-corrected chi connectivity index (χ1v) is 3.61. The molecule has 0 fully saturated rings. The van der Waals surface area contributed by atoms with Gasteiger partial charge in [0.2, 0.25) is 0 Å². The van der Waals surface area contributed by atoms with Gasteiger partial charge in [-0.15, -0.1) is 0 Å². The maximum absolute atomic E-state index is 10.7. The molecule has 0 N–H and O–H groups in total. The molecule has 12 heavy (non-hydrogen) atoms. The Morgan fingerprint density at radius 1 is 1.67 bits per heavy atom. The van der Waals surface area contributed by atoms with Gasteiger partial charge < -0.3 is 4.74 Å². The van der Waals surface area contributed by atoms with Crippen LogP contribution in [0.25, 0.3) is 0 Å². The number of hydrogen-bond donors (Lipinski definition) is 0. The Morgan fingerprint density at radius 3 is 2.42 bits per heavy atom. The third kappa shape index (κ3) is 4.85. The third-order valence-corrected chi connectivity index (χ3v) is 1.34. The molecule has 0 radical (unpaired) electrons. The number of carbonyl (C=O) groups is 1. The van der Waals surface area contributed by atoms with Crippen molar-refractivity contribution in [3.63, 3.8) is 0 Å². The van der Waals surface area contributed by atoms with Crippen LogP contribution >= 0.6 is 0 Å². The van der Waals surface area contributed by atoms with Gasteiger partial charge in [-0.1, -0.05) is 13.5 Å². The average molecular weight is 177 g/mol. The first-order chi connectivity index (χ1) is 5.11. The summed E-state index contributed by atoms with van der Waals surface area (Å²) in [5.74, 6) is -0.370. The topological polar surface area (TPSA) is 29.5 Å². The van der Waals surface area contributed by atoms with Crippen molar-refractivity contribution in [2.24, 2.45) is 0 Å². The summed E-state index contributed by atoms with van der Waals surface area (Å²) in [6.07, 6.45) is 1.82. The molecule has 0 aliphatic heterocycles. The van der Waals surface area contributed by atoms with Crippen molar-refractivity contribution in [1.29, 1.82) is 0 Å². The van der Waals surface area contributed by atoms with E-state index >= 15 is 0 Å². The van der Waals surface area contributed by atoms with Crippen LogP contribution in [0.2, 0.25) is 0 Å². The summed E-state index contributed by atoms with van der Waals surface area (Å²) in [6, 6.07) is 0. The molecule has 0 aromatic carbocycles. The molecule has 1 unspecified atom stereocenters. The van der Waals surface area contributed by atoms with Crippen LogP contribution in [0.15, 0.2) is 12.7 Å². The molecular formula is C8H16FNO2. The minimum atomic E-state index is -0.370. The minimum Gasteiger partial charge on any atom is -0.443 e. The van der Waals surface area contributed by atoms with Crippen LogP contribution in [0.1, 0.15) is 13.3 Å². The van der Waals surface area contributed by atoms with Crippen molar-refractivity contribution in [2.75, 3.05) is 14.1 Å². The van der Waals surface area contributed by atoms with Crippen LogP contribution in [0, 0.1) is 0 Å². The smallest absolute Gasteiger partial charge is 0.331 e. The van der Waals surface area contributed by atoms with Crippen LogP contribution in [0.5, 0.6) is 0 Å². The van der Waals surface area contributed by atoms with Gasteiger partial charge in [-0.05, 0) is 20.5 Å². The molecule has 0 heterocycles. The number of esters is 1. The summed E-state index contributed by atoms with van der Waals surface area (Å²) in [4.78, 5) is 12.6. The summed E-state index contributed by atoms with van der Waals surface area (Å²) in [6.45, 7) is 5.27. The molecule has 72 valence electrons. The highest BCUT2D eigenvalue weighted by Crippen LogP contribution is 2.00. The lowest BCUT2D eigenvalue weighted by molar-refractivity contribution is -0.150. The molecule has 0 saturated heterocycles. The zero-order valence-electron chi connectivity index (χ0n) is 7.74. The molecule has 1 atom stereocenters. The normalized spacial score (nSPS) is 11.7. The fraction of sp³-hybridized carbons (Fsp3) is 0.625. The summed E-state index contributed by atoms with van der Waals surface area (Å²) in [5, 5.41) is 0. The SMILES string of the molecule is C=CC(=O)OC(CC)N(C)C.F. The van der Waals surface area contributed by atoms with E-state index in [9.17, 15) is 4.79 Å². The van der Waals surface area contributed by atoms with Gasteiger partial charge in [0.05, 0.1) is 0 Å². The van der Waals surface area contributed by atoms with Gasteiger partial charge >= 0.3 is 5.97 Å². The third-order valence-electron chi connectivity index (χ3n) is 1.34. The van der Waals surface area contributed by atoms with E-state index in [-0.39, 0.29) is 16.9 Å². The highest BCUT2D eigenvalue weighted by Gasteiger charge is 2.11. The standard InChI is InChI=1S/C8H15NO2.FH/c1-5-7(9(3)4)11-8(10)6-2;/h6-7H,2,5H2,1,3-4H3;1H. The molecule has 0 aliphatic rings. The van der Waals surface area contributed by atoms with E-state index in [0.717, 1.165) is 6.42 Å². The Labute approximate surface area is 72.4 Å². The van der Waals surface area contributed by atoms with Gasteiger partial charge in [-0.3, -0.25) is 9.60 Å². The van der Waals surface area contributed by atoms with Gasteiger partial charge in [-0.25, -0.2) is 4.79 Å².